The number of halogens is 2. The summed E-state index contributed by atoms with van der Waals surface area (Å²) in [5.74, 6) is 1.19. The maximum absolute atomic E-state index is 12.8. The molecule has 2 aromatic rings. The van der Waals surface area contributed by atoms with Crippen molar-refractivity contribution in [2.24, 2.45) is 11.8 Å². The Morgan fingerprint density at radius 2 is 1.92 bits per heavy atom. The van der Waals surface area contributed by atoms with E-state index in [2.05, 4.69) is 36.8 Å². The molecule has 1 unspecified atom stereocenters. The predicted octanol–water partition coefficient (Wildman–Crippen LogP) is 5.01. The molecular weight excluding hydrogens is 324 g/mol. The molecule has 0 saturated heterocycles. The number of alkyl halides is 2. The Morgan fingerprint density at radius 3 is 2.56 bits per heavy atom. The van der Waals surface area contributed by atoms with E-state index in [1.165, 1.54) is 18.5 Å². The first-order valence-electron chi connectivity index (χ1n) is 8.18. The molecule has 0 aliphatic heterocycles. The molecule has 2 heterocycles. The van der Waals surface area contributed by atoms with Crippen LogP contribution in [0.15, 0.2) is 30.6 Å². The fourth-order valence-electron chi connectivity index (χ4n) is 2.65. The van der Waals surface area contributed by atoms with E-state index in [1.807, 2.05) is 0 Å². The van der Waals surface area contributed by atoms with Crippen molar-refractivity contribution in [3.05, 3.63) is 41.9 Å². The highest BCUT2D eigenvalue weighted by atomic mass is 19.3. The Hall–Kier alpha value is -2.55. The largest absolute Gasteiger partial charge is 0.476 e. The van der Waals surface area contributed by atoms with Crippen LogP contribution in [0.3, 0.4) is 0 Å². The minimum absolute atomic E-state index is 0.269. The molecule has 0 radical (unpaired) electrons. The molecule has 2 aromatic heterocycles. The quantitative estimate of drug-likeness (QED) is 0.707. The van der Waals surface area contributed by atoms with Crippen molar-refractivity contribution in [2.75, 3.05) is 6.61 Å². The van der Waals surface area contributed by atoms with Gasteiger partial charge in [-0.15, -0.1) is 0 Å². The maximum Gasteiger partial charge on any atom is 0.280 e. The van der Waals surface area contributed by atoms with Crippen LogP contribution in [0.2, 0.25) is 0 Å². The van der Waals surface area contributed by atoms with Crippen LogP contribution in [0.4, 0.5) is 8.78 Å². The van der Waals surface area contributed by atoms with Gasteiger partial charge in [-0.25, -0.2) is 13.8 Å². The van der Waals surface area contributed by atoms with Gasteiger partial charge in [0.05, 0.1) is 6.61 Å². The standard InChI is InChI=1S/C19H21F2N3O/c1-12(2)6-13(3)11-25-19-15(9-22)7-16(10-24-19)14-4-5-23-17(8-14)18(20)21/h4-5,7-8,10,12-13,18H,6,11H2,1-3H3. The van der Waals surface area contributed by atoms with Gasteiger partial charge in [-0.2, -0.15) is 5.26 Å². The SMILES string of the molecule is CC(C)CC(C)COc1ncc(-c2ccnc(C(F)F)c2)cc1C#N. The summed E-state index contributed by atoms with van der Waals surface area (Å²) in [6.07, 6.45) is 1.22. The fourth-order valence-corrected chi connectivity index (χ4v) is 2.65. The summed E-state index contributed by atoms with van der Waals surface area (Å²) in [7, 11) is 0. The Bertz CT molecular complexity index is 757. The molecule has 0 N–H and O–H groups in total. The van der Waals surface area contributed by atoms with E-state index in [4.69, 9.17) is 4.74 Å². The summed E-state index contributed by atoms with van der Waals surface area (Å²) in [5.41, 5.74) is 1.08. The van der Waals surface area contributed by atoms with E-state index in [1.54, 1.807) is 12.1 Å². The summed E-state index contributed by atoms with van der Waals surface area (Å²) >= 11 is 0. The molecule has 4 nitrogen and oxygen atoms in total. The van der Waals surface area contributed by atoms with Crippen LogP contribution in [0.25, 0.3) is 11.1 Å². The van der Waals surface area contributed by atoms with Crippen LogP contribution in [-0.2, 0) is 0 Å². The van der Waals surface area contributed by atoms with E-state index in [9.17, 15) is 14.0 Å². The zero-order valence-electron chi connectivity index (χ0n) is 14.5. The normalized spacial score (nSPS) is 12.2. The van der Waals surface area contributed by atoms with Gasteiger partial charge in [-0.1, -0.05) is 20.8 Å². The maximum atomic E-state index is 12.8. The van der Waals surface area contributed by atoms with Crippen molar-refractivity contribution in [3.63, 3.8) is 0 Å². The number of nitriles is 1. The summed E-state index contributed by atoms with van der Waals surface area (Å²) in [6, 6.07) is 6.56. The molecule has 6 heteroatoms. The lowest BCUT2D eigenvalue weighted by molar-refractivity contribution is 0.146. The number of rotatable bonds is 7. The van der Waals surface area contributed by atoms with E-state index in [0.29, 0.717) is 29.6 Å². The number of nitrogens with zero attached hydrogens (tertiary/aromatic N) is 3. The van der Waals surface area contributed by atoms with E-state index < -0.39 is 6.43 Å². The number of hydrogen-bond donors (Lipinski definition) is 0. The molecule has 0 aliphatic carbocycles. The molecule has 0 saturated carbocycles. The summed E-state index contributed by atoms with van der Waals surface area (Å²) < 4.78 is 31.3. The van der Waals surface area contributed by atoms with Gasteiger partial charge in [-0.05, 0) is 42.0 Å². The third-order valence-electron chi connectivity index (χ3n) is 3.69. The smallest absolute Gasteiger partial charge is 0.280 e. The second-order valence-corrected chi connectivity index (χ2v) is 6.50. The molecule has 25 heavy (non-hydrogen) atoms. The second kappa shape index (κ2) is 8.52. The lowest BCUT2D eigenvalue weighted by Gasteiger charge is -2.15. The number of hydrogen-bond acceptors (Lipinski definition) is 4. The topological polar surface area (TPSA) is 58.8 Å². The molecule has 0 amide bonds. The molecule has 0 aliphatic rings. The summed E-state index contributed by atoms with van der Waals surface area (Å²) in [4.78, 5) is 7.84. The lowest BCUT2D eigenvalue weighted by Crippen LogP contribution is -2.12. The second-order valence-electron chi connectivity index (χ2n) is 6.50. The Kier molecular flexibility index (Phi) is 6.40. The highest BCUT2D eigenvalue weighted by Crippen LogP contribution is 2.27. The van der Waals surface area contributed by atoms with Gasteiger partial charge in [0, 0.05) is 18.0 Å². The average molecular weight is 345 g/mol. The molecule has 0 aromatic carbocycles. The summed E-state index contributed by atoms with van der Waals surface area (Å²) in [5, 5.41) is 9.34. The Labute approximate surface area is 146 Å². The van der Waals surface area contributed by atoms with Gasteiger partial charge in [0.15, 0.2) is 0 Å². The molecule has 2 rings (SSSR count). The highest BCUT2D eigenvalue weighted by Gasteiger charge is 2.13. The first kappa shape index (κ1) is 18.8. The van der Waals surface area contributed by atoms with Gasteiger partial charge in [0.25, 0.3) is 6.43 Å². The number of ether oxygens (including phenoxy) is 1. The zero-order chi connectivity index (χ0) is 18.4. The molecule has 132 valence electrons. The van der Waals surface area contributed by atoms with Crippen molar-refractivity contribution in [1.29, 1.82) is 5.26 Å². The average Bonchev–Trinajstić information content (AvgIpc) is 2.59. The monoisotopic (exact) mass is 345 g/mol. The third kappa shape index (κ3) is 5.21. The van der Waals surface area contributed by atoms with Gasteiger partial charge in [0.1, 0.15) is 17.3 Å². The van der Waals surface area contributed by atoms with E-state index in [-0.39, 0.29) is 17.1 Å². The Morgan fingerprint density at radius 1 is 1.16 bits per heavy atom. The van der Waals surface area contributed by atoms with Crippen LogP contribution >= 0.6 is 0 Å². The zero-order valence-corrected chi connectivity index (χ0v) is 14.5. The van der Waals surface area contributed by atoms with E-state index >= 15 is 0 Å². The van der Waals surface area contributed by atoms with Gasteiger partial charge in [0.2, 0.25) is 5.88 Å². The minimum Gasteiger partial charge on any atom is -0.476 e. The molecule has 0 fully saturated rings. The lowest BCUT2D eigenvalue weighted by atomic mass is 10.00. The van der Waals surface area contributed by atoms with E-state index in [0.717, 1.165) is 6.42 Å². The van der Waals surface area contributed by atoms with Gasteiger partial charge in [-0.3, -0.25) is 4.98 Å². The molecule has 1 atom stereocenters. The first-order valence-corrected chi connectivity index (χ1v) is 8.18. The third-order valence-corrected chi connectivity index (χ3v) is 3.69. The van der Waals surface area contributed by atoms with Crippen molar-refractivity contribution in [2.45, 2.75) is 33.6 Å². The van der Waals surface area contributed by atoms with Crippen LogP contribution < -0.4 is 4.74 Å². The number of pyridine rings is 2. The van der Waals surface area contributed by atoms with Crippen molar-refractivity contribution >= 4 is 0 Å². The highest BCUT2D eigenvalue weighted by molar-refractivity contribution is 5.65. The summed E-state index contributed by atoms with van der Waals surface area (Å²) in [6.45, 7) is 6.85. The predicted molar refractivity (Wildman–Crippen MR) is 91.3 cm³/mol. The van der Waals surface area contributed by atoms with Crippen LogP contribution in [0.1, 0.15) is 44.9 Å². The van der Waals surface area contributed by atoms with Crippen molar-refractivity contribution in [3.8, 4) is 23.1 Å². The van der Waals surface area contributed by atoms with Crippen molar-refractivity contribution < 1.29 is 13.5 Å². The molecule has 0 bridgehead atoms. The fraction of sp³-hybridized carbons (Fsp3) is 0.421. The van der Waals surface area contributed by atoms with Crippen LogP contribution in [0.5, 0.6) is 5.88 Å². The van der Waals surface area contributed by atoms with Gasteiger partial charge < -0.3 is 4.74 Å². The van der Waals surface area contributed by atoms with Crippen LogP contribution in [-0.4, -0.2) is 16.6 Å². The number of aromatic nitrogens is 2. The first-order chi connectivity index (χ1) is 11.9. The Balaban J connectivity index is 2.19. The molecular formula is C19H21F2N3O. The van der Waals surface area contributed by atoms with Crippen LogP contribution in [0, 0.1) is 23.2 Å². The van der Waals surface area contributed by atoms with Gasteiger partial charge >= 0.3 is 0 Å². The van der Waals surface area contributed by atoms with Crippen molar-refractivity contribution in [1.82, 2.24) is 9.97 Å². The minimum atomic E-state index is -2.65. The molecule has 0 spiro atoms.